The fourth-order valence-corrected chi connectivity index (χ4v) is 2.18. The Morgan fingerprint density at radius 3 is 2.63 bits per heavy atom. The molecule has 108 valence electrons. The number of nitrogens with one attached hydrogen (secondary N) is 1. The molecule has 1 aromatic rings. The summed E-state index contributed by atoms with van der Waals surface area (Å²) in [6.07, 6.45) is 2.24. The van der Waals surface area contributed by atoms with E-state index in [2.05, 4.69) is 41.0 Å². The van der Waals surface area contributed by atoms with Gasteiger partial charge in [-0.15, -0.1) is 0 Å². The van der Waals surface area contributed by atoms with Crippen molar-refractivity contribution >= 4 is 23.4 Å². The molecule has 19 heavy (non-hydrogen) atoms. The molecule has 1 atom stereocenters. The molecule has 0 aliphatic carbocycles. The van der Waals surface area contributed by atoms with E-state index in [1.54, 1.807) is 6.07 Å². The maximum atomic E-state index is 5.84. The highest BCUT2D eigenvalue weighted by atomic mass is 35.5. The van der Waals surface area contributed by atoms with Gasteiger partial charge in [0.05, 0.1) is 0 Å². The molecule has 0 bridgehead atoms. The molecule has 0 fully saturated rings. The molecule has 1 unspecified atom stereocenters. The average molecular weight is 286 g/mol. The number of hydrogen-bond donors (Lipinski definition) is 2. The lowest BCUT2D eigenvalue weighted by Crippen LogP contribution is -2.25. The van der Waals surface area contributed by atoms with Crippen LogP contribution in [-0.4, -0.2) is 40.5 Å². The third-order valence-electron chi connectivity index (χ3n) is 3.11. The molecule has 0 saturated carbocycles. The van der Waals surface area contributed by atoms with Gasteiger partial charge in [0, 0.05) is 12.1 Å². The quantitative estimate of drug-likeness (QED) is 0.719. The predicted octanol–water partition coefficient (Wildman–Crippen LogP) is 2.63. The smallest absolute Gasteiger partial charge is 0.223 e. The maximum Gasteiger partial charge on any atom is 0.223 e. The van der Waals surface area contributed by atoms with Gasteiger partial charge in [-0.2, -0.15) is 4.98 Å². The second-order valence-corrected chi connectivity index (χ2v) is 5.04. The van der Waals surface area contributed by atoms with Crippen LogP contribution in [-0.2, 0) is 0 Å². The van der Waals surface area contributed by atoms with E-state index in [4.69, 9.17) is 17.3 Å². The number of nitrogens with two attached hydrogens (primary N) is 1. The van der Waals surface area contributed by atoms with Crippen LogP contribution in [0.4, 0.5) is 11.8 Å². The number of nitrogens with zero attached hydrogens (tertiary/aromatic N) is 3. The summed E-state index contributed by atoms with van der Waals surface area (Å²) < 4.78 is 0. The molecule has 0 aromatic carbocycles. The Kier molecular flexibility index (Phi) is 6.87. The first-order chi connectivity index (χ1) is 9.05. The van der Waals surface area contributed by atoms with Gasteiger partial charge in [-0.1, -0.05) is 25.4 Å². The normalized spacial score (nSPS) is 12.7. The third-order valence-corrected chi connectivity index (χ3v) is 3.31. The zero-order valence-corrected chi connectivity index (χ0v) is 12.7. The zero-order chi connectivity index (χ0) is 14.3. The van der Waals surface area contributed by atoms with Crippen LogP contribution in [0.3, 0.4) is 0 Å². The Morgan fingerprint density at radius 2 is 2.05 bits per heavy atom. The van der Waals surface area contributed by atoms with Gasteiger partial charge >= 0.3 is 0 Å². The van der Waals surface area contributed by atoms with Gasteiger partial charge in [0.25, 0.3) is 0 Å². The highest BCUT2D eigenvalue weighted by molar-refractivity contribution is 6.29. The summed E-state index contributed by atoms with van der Waals surface area (Å²) in [5, 5.41) is 3.67. The SMILES string of the molecule is CCN(CC)CCCC(C)Nc1cc(Cl)nc(N)n1. The van der Waals surface area contributed by atoms with Gasteiger partial charge in [0.2, 0.25) is 5.95 Å². The third kappa shape index (κ3) is 6.07. The lowest BCUT2D eigenvalue weighted by atomic mass is 10.1. The Labute approximate surface area is 120 Å². The van der Waals surface area contributed by atoms with Crippen molar-refractivity contribution in [3.05, 3.63) is 11.2 Å². The summed E-state index contributed by atoms with van der Waals surface area (Å²) in [6, 6.07) is 2.03. The molecular weight excluding hydrogens is 262 g/mol. The molecule has 1 aromatic heterocycles. The van der Waals surface area contributed by atoms with E-state index in [0.717, 1.165) is 32.5 Å². The van der Waals surface area contributed by atoms with Crippen LogP contribution in [0.25, 0.3) is 0 Å². The Bertz CT molecular complexity index is 361. The molecular formula is C13H24ClN5. The van der Waals surface area contributed by atoms with Gasteiger partial charge in [-0.25, -0.2) is 4.98 Å². The molecule has 1 rings (SSSR count). The molecule has 0 amide bonds. The van der Waals surface area contributed by atoms with Crippen LogP contribution in [0.15, 0.2) is 6.07 Å². The van der Waals surface area contributed by atoms with Gasteiger partial charge < -0.3 is 16.0 Å². The first-order valence-electron chi connectivity index (χ1n) is 6.84. The number of halogens is 1. The molecule has 0 aliphatic heterocycles. The van der Waals surface area contributed by atoms with Gasteiger partial charge in [-0.3, -0.25) is 0 Å². The Hall–Kier alpha value is -1.07. The predicted molar refractivity (Wildman–Crippen MR) is 81.6 cm³/mol. The molecule has 1 heterocycles. The van der Waals surface area contributed by atoms with Crippen molar-refractivity contribution in [2.24, 2.45) is 0 Å². The molecule has 6 heteroatoms. The number of anilines is 2. The topological polar surface area (TPSA) is 67.1 Å². The van der Waals surface area contributed by atoms with Gasteiger partial charge in [0.15, 0.2) is 0 Å². The van der Waals surface area contributed by atoms with Gasteiger partial charge in [-0.05, 0) is 39.4 Å². The number of nitrogen functional groups attached to an aromatic ring is 1. The van der Waals surface area contributed by atoms with Crippen molar-refractivity contribution in [2.45, 2.75) is 39.7 Å². The van der Waals surface area contributed by atoms with E-state index in [0.29, 0.717) is 17.0 Å². The average Bonchev–Trinajstić information content (AvgIpc) is 2.33. The molecule has 0 aliphatic rings. The molecule has 3 N–H and O–H groups in total. The van der Waals surface area contributed by atoms with E-state index in [-0.39, 0.29) is 5.95 Å². The van der Waals surface area contributed by atoms with Crippen molar-refractivity contribution < 1.29 is 0 Å². The minimum absolute atomic E-state index is 0.199. The minimum Gasteiger partial charge on any atom is -0.368 e. The monoisotopic (exact) mass is 285 g/mol. The summed E-state index contributed by atoms with van der Waals surface area (Å²) in [4.78, 5) is 10.4. The summed E-state index contributed by atoms with van der Waals surface area (Å²) in [7, 11) is 0. The number of aromatic nitrogens is 2. The van der Waals surface area contributed by atoms with Crippen molar-refractivity contribution in [1.29, 1.82) is 0 Å². The summed E-state index contributed by atoms with van der Waals surface area (Å²) in [6.45, 7) is 9.86. The molecule has 0 saturated heterocycles. The fraction of sp³-hybridized carbons (Fsp3) is 0.692. The summed E-state index contributed by atoms with van der Waals surface area (Å²) >= 11 is 5.84. The van der Waals surface area contributed by atoms with E-state index in [1.165, 1.54) is 0 Å². The van der Waals surface area contributed by atoms with Crippen LogP contribution in [0.1, 0.15) is 33.6 Å². The van der Waals surface area contributed by atoms with Crippen molar-refractivity contribution in [3.8, 4) is 0 Å². The van der Waals surface area contributed by atoms with E-state index in [9.17, 15) is 0 Å². The lowest BCUT2D eigenvalue weighted by molar-refractivity contribution is 0.295. The van der Waals surface area contributed by atoms with E-state index >= 15 is 0 Å². The zero-order valence-electron chi connectivity index (χ0n) is 12.0. The van der Waals surface area contributed by atoms with Crippen molar-refractivity contribution in [3.63, 3.8) is 0 Å². The van der Waals surface area contributed by atoms with Crippen LogP contribution >= 0.6 is 11.6 Å². The second kappa shape index (κ2) is 8.17. The summed E-state index contributed by atoms with van der Waals surface area (Å²) in [5.74, 6) is 0.887. The largest absolute Gasteiger partial charge is 0.368 e. The maximum absolute atomic E-state index is 5.84. The second-order valence-electron chi connectivity index (χ2n) is 4.65. The van der Waals surface area contributed by atoms with Crippen LogP contribution in [0, 0.1) is 0 Å². The fourth-order valence-electron chi connectivity index (χ4n) is 1.99. The van der Waals surface area contributed by atoms with Crippen LogP contribution in [0.2, 0.25) is 5.15 Å². The lowest BCUT2D eigenvalue weighted by Gasteiger charge is -2.20. The molecule has 0 spiro atoms. The minimum atomic E-state index is 0.199. The van der Waals surface area contributed by atoms with Crippen LogP contribution in [0.5, 0.6) is 0 Å². The Morgan fingerprint density at radius 1 is 1.37 bits per heavy atom. The standard InChI is InChI=1S/C13H24ClN5/c1-4-19(5-2)8-6-7-10(3)16-12-9-11(14)17-13(15)18-12/h9-10H,4-8H2,1-3H3,(H3,15,16,17,18). The van der Waals surface area contributed by atoms with E-state index in [1.807, 2.05) is 0 Å². The molecule has 0 radical (unpaired) electrons. The Balaban J connectivity index is 2.36. The van der Waals surface area contributed by atoms with E-state index < -0.39 is 0 Å². The first-order valence-corrected chi connectivity index (χ1v) is 7.21. The van der Waals surface area contributed by atoms with Crippen molar-refractivity contribution in [2.75, 3.05) is 30.7 Å². The first kappa shape index (κ1) is 16.0. The number of rotatable bonds is 8. The van der Waals surface area contributed by atoms with Gasteiger partial charge in [0.1, 0.15) is 11.0 Å². The van der Waals surface area contributed by atoms with Crippen molar-refractivity contribution in [1.82, 2.24) is 14.9 Å². The molecule has 5 nitrogen and oxygen atoms in total. The highest BCUT2D eigenvalue weighted by Crippen LogP contribution is 2.14. The number of hydrogen-bond acceptors (Lipinski definition) is 5. The highest BCUT2D eigenvalue weighted by Gasteiger charge is 2.06. The van der Waals surface area contributed by atoms with Crippen LogP contribution < -0.4 is 11.1 Å². The summed E-state index contributed by atoms with van der Waals surface area (Å²) in [5.41, 5.74) is 5.56.